The van der Waals surface area contributed by atoms with Gasteiger partial charge in [-0.3, -0.25) is 24.0 Å². The van der Waals surface area contributed by atoms with E-state index in [9.17, 15) is 33.9 Å². The second-order valence-electron chi connectivity index (χ2n) is 8.74. The number of hydrogen-bond donors (Lipinski definition) is 7. The van der Waals surface area contributed by atoms with Gasteiger partial charge in [0.25, 0.3) is 0 Å². The van der Waals surface area contributed by atoms with Crippen LogP contribution in [-0.4, -0.2) is 64.8 Å². The molecular formula is C21H38N6O7. The summed E-state index contributed by atoms with van der Waals surface area (Å²) in [5, 5.41) is 16.4. The SMILES string of the molecule is CCC(C)C(NC(=O)C(N)CC(C)C)C(=O)NC(CC(N)=O)C(=O)NC(CCC(N)=O)C(=O)O. The van der Waals surface area contributed by atoms with Gasteiger partial charge in [0.05, 0.1) is 12.5 Å². The number of nitrogens with one attached hydrogen (secondary N) is 3. The number of carbonyl (C=O) groups excluding carboxylic acids is 5. The lowest BCUT2D eigenvalue weighted by atomic mass is 9.96. The van der Waals surface area contributed by atoms with Gasteiger partial charge in [0.15, 0.2) is 0 Å². The summed E-state index contributed by atoms with van der Waals surface area (Å²) in [6.07, 6.45) is -0.308. The van der Waals surface area contributed by atoms with Crippen molar-refractivity contribution in [3.05, 3.63) is 0 Å². The third kappa shape index (κ3) is 11.6. The maximum atomic E-state index is 13.0. The molecule has 0 aliphatic heterocycles. The molecule has 0 fully saturated rings. The molecule has 13 heteroatoms. The average molecular weight is 487 g/mol. The summed E-state index contributed by atoms with van der Waals surface area (Å²) in [5.74, 6) is -5.60. The average Bonchev–Trinajstić information content (AvgIpc) is 2.72. The van der Waals surface area contributed by atoms with Crippen LogP contribution in [0, 0.1) is 11.8 Å². The van der Waals surface area contributed by atoms with Crippen LogP contribution in [0.5, 0.6) is 0 Å². The lowest BCUT2D eigenvalue weighted by Gasteiger charge is -2.28. The molecule has 5 atom stereocenters. The fourth-order valence-corrected chi connectivity index (χ4v) is 3.07. The summed E-state index contributed by atoms with van der Waals surface area (Å²) in [4.78, 5) is 72.0. The first-order valence-corrected chi connectivity index (χ1v) is 11.2. The van der Waals surface area contributed by atoms with Gasteiger partial charge in [-0.1, -0.05) is 34.1 Å². The van der Waals surface area contributed by atoms with Crippen molar-refractivity contribution in [1.82, 2.24) is 16.0 Å². The molecular weight excluding hydrogens is 448 g/mol. The van der Waals surface area contributed by atoms with E-state index >= 15 is 0 Å². The van der Waals surface area contributed by atoms with E-state index in [1.165, 1.54) is 0 Å². The Labute approximate surface area is 198 Å². The number of primary amides is 2. The van der Waals surface area contributed by atoms with Crippen LogP contribution in [0.2, 0.25) is 0 Å². The van der Waals surface area contributed by atoms with Crippen LogP contribution < -0.4 is 33.2 Å². The van der Waals surface area contributed by atoms with Crippen molar-refractivity contribution in [2.75, 3.05) is 0 Å². The normalized spacial score (nSPS) is 15.4. The molecule has 5 amide bonds. The zero-order valence-corrected chi connectivity index (χ0v) is 20.1. The minimum atomic E-state index is -1.51. The van der Waals surface area contributed by atoms with E-state index in [1.807, 2.05) is 13.8 Å². The molecule has 5 unspecified atom stereocenters. The highest BCUT2D eigenvalue weighted by molar-refractivity contribution is 5.96. The lowest BCUT2D eigenvalue weighted by molar-refractivity contribution is -0.142. The Morgan fingerprint density at radius 1 is 0.824 bits per heavy atom. The minimum Gasteiger partial charge on any atom is -0.480 e. The summed E-state index contributed by atoms with van der Waals surface area (Å²) in [6, 6.07) is -4.89. The van der Waals surface area contributed by atoms with E-state index in [0.717, 1.165) is 0 Å². The predicted molar refractivity (Wildman–Crippen MR) is 123 cm³/mol. The number of carboxylic acid groups (broad SMARTS) is 1. The zero-order chi connectivity index (χ0) is 26.6. The van der Waals surface area contributed by atoms with Gasteiger partial charge in [-0.15, -0.1) is 0 Å². The number of rotatable bonds is 16. The zero-order valence-electron chi connectivity index (χ0n) is 20.1. The molecule has 0 aliphatic rings. The topological polar surface area (TPSA) is 237 Å². The van der Waals surface area contributed by atoms with Crippen LogP contribution in [0.15, 0.2) is 0 Å². The molecule has 0 aromatic carbocycles. The van der Waals surface area contributed by atoms with Crippen LogP contribution in [0.3, 0.4) is 0 Å². The molecule has 0 saturated carbocycles. The number of carboxylic acids is 1. The van der Waals surface area contributed by atoms with Crippen LogP contribution in [0.25, 0.3) is 0 Å². The second kappa shape index (κ2) is 14.8. The van der Waals surface area contributed by atoms with Crippen molar-refractivity contribution in [2.24, 2.45) is 29.0 Å². The molecule has 194 valence electrons. The molecule has 0 spiro atoms. The van der Waals surface area contributed by atoms with Crippen molar-refractivity contribution in [1.29, 1.82) is 0 Å². The summed E-state index contributed by atoms with van der Waals surface area (Å²) < 4.78 is 0. The van der Waals surface area contributed by atoms with E-state index in [-0.39, 0.29) is 24.7 Å². The van der Waals surface area contributed by atoms with E-state index in [4.69, 9.17) is 17.2 Å². The van der Waals surface area contributed by atoms with Gasteiger partial charge in [0, 0.05) is 6.42 Å². The number of carbonyl (C=O) groups is 6. The Kier molecular flexibility index (Phi) is 13.4. The highest BCUT2D eigenvalue weighted by Gasteiger charge is 2.33. The Bertz CT molecular complexity index is 758. The monoisotopic (exact) mass is 486 g/mol. The molecule has 0 saturated heterocycles. The summed E-state index contributed by atoms with van der Waals surface area (Å²) in [7, 11) is 0. The molecule has 0 aromatic rings. The largest absolute Gasteiger partial charge is 0.480 e. The van der Waals surface area contributed by atoms with Gasteiger partial charge in [0.2, 0.25) is 29.5 Å². The highest BCUT2D eigenvalue weighted by atomic mass is 16.4. The fraction of sp³-hybridized carbons (Fsp3) is 0.714. The molecule has 0 heterocycles. The molecule has 10 N–H and O–H groups in total. The Morgan fingerprint density at radius 3 is 1.82 bits per heavy atom. The molecule has 13 nitrogen and oxygen atoms in total. The number of hydrogen-bond acceptors (Lipinski definition) is 7. The van der Waals surface area contributed by atoms with Crippen molar-refractivity contribution < 1.29 is 33.9 Å². The van der Waals surface area contributed by atoms with Gasteiger partial charge >= 0.3 is 5.97 Å². The first-order valence-electron chi connectivity index (χ1n) is 11.2. The number of aliphatic carboxylic acids is 1. The molecule has 34 heavy (non-hydrogen) atoms. The van der Waals surface area contributed by atoms with Crippen LogP contribution in [0.1, 0.15) is 59.8 Å². The van der Waals surface area contributed by atoms with Gasteiger partial charge in [0.1, 0.15) is 18.1 Å². The van der Waals surface area contributed by atoms with Crippen molar-refractivity contribution >= 4 is 35.5 Å². The summed E-state index contributed by atoms with van der Waals surface area (Å²) >= 11 is 0. The number of nitrogens with two attached hydrogens (primary N) is 3. The van der Waals surface area contributed by atoms with Gasteiger partial charge < -0.3 is 38.3 Å². The van der Waals surface area contributed by atoms with Crippen LogP contribution in [-0.2, 0) is 28.8 Å². The van der Waals surface area contributed by atoms with Gasteiger partial charge in [-0.2, -0.15) is 0 Å². The molecule has 0 rings (SSSR count). The molecule has 0 aliphatic carbocycles. The first kappa shape index (κ1) is 30.8. The van der Waals surface area contributed by atoms with E-state index in [0.29, 0.717) is 12.8 Å². The fourth-order valence-electron chi connectivity index (χ4n) is 3.07. The van der Waals surface area contributed by atoms with Crippen molar-refractivity contribution in [3.63, 3.8) is 0 Å². The quantitative estimate of drug-likeness (QED) is 0.129. The highest BCUT2D eigenvalue weighted by Crippen LogP contribution is 2.11. The summed E-state index contributed by atoms with van der Waals surface area (Å²) in [5.41, 5.74) is 16.1. The molecule has 0 bridgehead atoms. The Hall–Kier alpha value is -3.22. The molecule has 0 aromatic heterocycles. The van der Waals surface area contributed by atoms with Crippen LogP contribution in [0.4, 0.5) is 0 Å². The lowest BCUT2D eigenvalue weighted by Crippen LogP contribution is -2.59. The number of amides is 5. The van der Waals surface area contributed by atoms with Crippen molar-refractivity contribution in [2.45, 2.75) is 84.0 Å². The van der Waals surface area contributed by atoms with Crippen molar-refractivity contribution in [3.8, 4) is 0 Å². The smallest absolute Gasteiger partial charge is 0.326 e. The standard InChI is InChI=1S/C21H38N6O7/c1-5-11(4)17(27-18(30)12(22)8-10(2)3)20(32)26-14(9-16(24)29)19(31)25-13(21(33)34)6-7-15(23)28/h10-14,17H,5-9,22H2,1-4H3,(H2,23,28)(H2,24,29)(H,25,31)(H,26,32)(H,27,30)(H,33,34). The third-order valence-electron chi connectivity index (χ3n) is 5.19. The second-order valence-corrected chi connectivity index (χ2v) is 8.74. The van der Waals surface area contributed by atoms with E-state index in [1.54, 1.807) is 13.8 Å². The van der Waals surface area contributed by atoms with Crippen LogP contribution >= 0.6 is 0 Å². The van der Waals surface area contributed by atoms with E-state index in [2.05, 4.69) is 16.0 Å². The summed E-state index contributed by atoms with van der Waals surface area (Å²) in [6.45, 7) is 7.31. The Morgan fingerprint density at radius 2 is 1.38 bits per heavy atom. The third-order valence-corrected chi connectivity index (χ3v) is 5.19. The van der Waals surface area contributed by atoms with E-state index < -0.39 is 66.1 Å². The maximum absolute atomic E-state index is 13.0. The van der Waals surface area contributed by atoms with Gasteiger partial charge in [-0.05, 0) is 24.7 Å². The Balaban J connectivity index is 5.57. The first-order chi connectivity index (χ1) is 15.7. The molecule has 0 radical (unpaired) electrons. The minimum absolute atomic E-state index is 0.150. The maximum Gasteiger partial charge on any atom is 0.326 e. The van der Waals surface area contributed by atoms with Gasteiger partial charge in [-0.25, -0.2) is 4.79 Å². The predicted octanol–water partition coefficient (Wildman–Crippen LogP) is -1.91.